The van der Waals surface area contributed by atoms with Crippen LogP contribution in [0.4, 0.5) is 0 Å². The zero-order valence-corrected chi connectivity index (χ0v) is 10.8. The summed E-state index contributed by atoms with van der Waals surface area (Å²) >= 11 is 0. The van der Waals surface area contributed by atoms with Gasteiger partial charge >= 0.3 is 5.97 Å². The highest BCUT2D eigenvalue weighted by Gasteiger charge is 2.36. The van der Waals surface area contributed by atoms with Gasteiger partial charge in [-0.25, -0.2) is 0 Å². The van der Waals surface area contributed by atoms with Crippen molar-refractivity contribution in [3.63, 3.8) is 0 Å². The molecule has 0 radical (unpaired) electrons. The fourth-order valence-electron chi connectivity index (χ4n) is 1.87. The van der Waals surface area contributed by atoms with Crippen molar-refractivity contribution in [2.24, 2.45) is 0 Å². The van der Waals surface area contributed by atoms with Gasteiger partial charge in [0.15, 0.2) is 11.5 Å². The molecule has 1 aliphatic heterocycles. The van der Waals surface area contributed by atoms with Crippen molar-refractivity contribution in [3.8, 4) is 11.5 Å². The number of hydrogen-bond acceptors (Lipinski definition) is 4. The first-order valence-corrected chi connectivity index (χ1v) is 5.73. The van der Waals surface area contributed by atoms with Crippen molar-refractivity contribution < 1.29 is 19.4 Å². The Morgan fingerprint density at radius 1 is 1.39 bits per heavy atom. The van der Waals surface area contributed by atoms with Crippen LogP contribution in [0.1, 0.15) is 12.5 Å². The number of carboxylic acids is 1. The van der Waals surface area contributed by atoms with Gasteiger partial charge in [-0.3, -0.25) is 9.69 Å². The second-order valence-corrected chi connectivity index (χ2v) is 4.84. The predicted octanol–water partition coefficient (Wildman–Crippen LogP) is 1.36. The van der Waals surface area contributed by atoms with Gasteiger partial charge in [-0.05, 0) is 38.7 Å². The number of carboxylic acid groups (broad SMARTS) is 1. The average Bonchev–Trinajstić information content (AvgIpc) is 2.75. The maximum absolute atomic E-state index is 11.4. The Kier molecular flexibility index (Phi) is 3.17. The molecule has 0 aliphatic carbocycles. The molecule has 1 unspecified atom stereocenters. The third-order valence-electron chi connectivity index (χ3n) is 3.43. The van der Waals surface area contributed by atoms with Crippen molar-refractivity contribution in [2.75, 3.05) is 20.9 Å². The number of nitrogens with zero attached hydrogens (tertiary/aromatic N) is 1. The second-order valence-electron chi connectivity index (χ2n) is 4.84. The van der Waals surface area contributed by atoms with E-state index in [0.717, 1.165) is 5.56 Å². The molecular formula is C13H17NO4. The minimum atomic E-state index is -0.937. The van der Waals surface area contributed by atoms with E-state index in [9.17, 15) is 9.90 Å². The number of ether oxygens (including phenoxy) is 2. The van der Waals surface area contributed by atoms with Gasteiger partial charge in [-0.2, -0.15) is 0 Å². The van der Waals surface area contributed by atoms with Gasteiger partial charge in [0.25, 0.3) is 0 Å². The Morgan fingerprint density at radius 2 is 2.06 bits per heavy atom. The highest BCUT2D eigenvalue weighted by atomic mass is 16.7. The molecule has 0 amide bonds. The van der Waals surface area contributed by atoms with E-state index in [-0.39, 0.29) is 6.79 Å². The average molecular weight is 251 g/mol. The van der Waals surface area contributed by atoms with Crippen molar-refractivity contribution in [1.29, 1.82) is 0 Å². The van der Waals surface area contributed by atoms with Crippen molar-refractivity contribution in [3.05, 3.63) is 23.8 Å². The monoisotopic (exact) mass is 251 g/mol. The van der Waals surface area contributed by atoms with Gasteiger partial charge in [0.05, 0.1) is 0 Å². The predicted molar refractivity (Wildman–Crippen MR) is 66.0 cm³/mol. The molecule has 5 heteroatoms. The van der Waals surface area contributed by atoms with E-state index >= 15 is 0 Å². The third kappa shape index (κ3) is 2.13. The summed E-state index contributed by atoms with van der Waals surface area (Å²) in [6.45, 7) is 1.93. The quantitative estimate of drug-likeness (QED) is 0.875. The van der Waals surface area contributed by atoms with E-state index in [4.69, 9.17) is 9.47 Å². The lowest BCUT2D eigenvalue weighted by molar-refractivity contribution is -0.148. The first-order chi connectivity index (χ1) is 8.43. The molecule has 0 spiro atoms. The van der Waals surface area contributed by atoms with Gasteiger partial charge in [0.1, 0.15) is 5.54 Å². The molecule has 18 heavy (non-hydrogen) atoms. The van der Waals surface area contributed by atoms with Gasteiger partial charge in [-0.1, -0.05) is 6.07 Å². The molecule has 1 aromatic carbocycles. The molecule has 1 aliphatic rings. The fraction of sp³-hybridized carbons (Fsp3) is 0.462. The standard InChI is InChI=1S/C13H17NO4/c1-13(12(15)16,14(2)3)7-9-4-5-10-11(6-9)18-8-17-10/h4-6H,7-8H2,1-3H3,(H,15,16). The minimum Gasteiger partial charge on any atom is -0.480 e. The Morgan fingerprint density at radius 3 is 2.67 bits per heavy atom. The van der Waals surface area contributed by atoms with Crippen LogP contribution in [-0.4, -0.2) is 42.4 Å². The summed E-state index contributed by atoms with van der Waals surface area (Å²) in [5, 5.41) is 9.36. The molecular weight excluding hydrogens is 234 g/mol. The highest BCUT2D eigenvalue weighted by molar-refractivity contribution is 5.78. The van der Waals surface area contributed by atoms with Crippen LogP contribution in [0.25, 0.3) is 0 Å². The molecule has 0 bridgehead atoms. The summed E-state index contributed by atoms with van der Waals surface area (Å²) in [7, 11) is 3.53. The Labute approximate surface area is 106 Å². The van der Waals surface area contributed by atoms with E-state index in [1.54, 1.807) is 25.9 Å². The number of likely N-dealkylation sites (N-methyl/N-ethyl adjacent to an activating group) is 1. The van der Waals surface area contributed by atoms with Gasteiger partial charge in [0.2, 0.25) is 6.79 Å². The van der Waals surface area contributed by atoms with Crippen LogP contribution in [0.3, 0.4) is 0 Å². The largest absolute Gasteiger partial charge is 0.480 e. The molecule has 1 heterocycles. The van der Waals surface area contributed by atoms with E-state index in [2.05, 4.69) is 0 Å². The lowest BCUT2D eigenvalue weighted by Crippen LogP contribution is -2.50. The fourth-order valence-corrected chi connectivity index (χ4v) is 1.87. The Balaban J connectivity index is 2.25. The van der Waals surface area contributed by atoms with Crippen LogP contribution in [0.15, 0.2) is 18.2 Å². The Hall–Kier alpha value is -1.75. The van der Waals surface area contributed by atoms with Crippen molar-refractivity contribution in [1.82, 2.24) is 4.90 Å². The number of benzene rings is 1. The highest BCUT2D eigenvalue weighted by Crippen LogP contribution is 2.33. The molecule has 5 nitrogen and oxygen atoms in total. The maximum atomic E-state index is 11.4. The first-order valence-electron chi connectivity index (χ1n) is 5.73. The van der Waals surface area contributed by atoms with Crippen molar-refractivity contribution >= 4 is 5.97 Å². The van der Waals surface area contributed by atoms with E-state index in [0.29, 0.717) is 17.9 Å². The van der Waals surface area contributed by atoms with Crippen LogP contribution in [0.5, 0.6) is 11.5 Å². The molecule has 0 fully saturated rings. The molecule has 0 aromatic heterocycles. The smallest absolute Gasteiger partial charge is 0.324 e. The zero-order valence-electron chi connectivity index (χ0n) is 10.8. The number of hydrogen-bond donors (Lipinski definition) is 1. The molecule has 2 rings (SSSR count). The lowest BCUT2D eigenvalue weighted by atomic mass is 9.91. The lowest BCUT2D eigenvalue weighted by Gasteiger charge is -2.32. The summed E-state index contributed by atoms with van der Waals surface area (Å²) < 4.78 is 10.5. The van der Waals surface area contributed by atoms with Crippen LogP contribution in [0.2, 0.25) is 0 Å². The zero-order chi connectivity index (χ0) is 13.3. The normalized spacial score (nSPS) is 16.7. The number of rotatable bonds is 4. The molecule has 1 aromatic rings. The van der Waals surface area contributed by atoms with Crippen LogP contribution in [-0.2, 0) is 11.2 Å². The summed E-state index contributed by atoms with van der Waals surface area (Å²) in [5.41, 5.74) is -0.0221. The third-order valence-corrected chi connectivity index (χ3v) is 3.43. The number of fused-ring (bicyclic) bond motifs is 1. The number of aliphatic carboxylic acids is 1. The molecule has 1 N–H and O–H groups in total. The number of carbonyl (C=O) groups is 1. The van der Waals surface area contributed by atoms with E-state index in [1.807, 2.05) is 18.2 Å². The van der Waals surface area contributed by atoms with Crippen molar-refractivity contribution in [2.45, 2.75) is 18.9 Å². The topological polar surface area (TPSA) is 59.0 Å². The molecule has 98 valence electrons. The SMILES string of the molecule is CN(C)C(C)(Cc1ccc2c(c1)OCO2)C(=O)O. The molecule has 0 saturated heterocycles. The van der Waals surface area contributed by atoms with Crippen LogP contribution < -0.4 is 9.47 Å². The second kappa shape index (κ2) is 4.49. The van der Waals surface area contributed by atoms with Gasteiger partial charge in [0, 0.05) is 6.42 Å². The van der Waals surface area contributed by atoms with Gasteiger partial charge in [-0.15, -0.1) is 0 Å². The van der Waals surface area contributed by atoms with E-state index in [1.165, 1.54) is 0 Å². The van der Waals surface area contributed by atoms with Crippen LogP contribution in [0, 0.1) is 0 Å². The molecule has 1 atom stereocenters. The van der Waals surface area contributed by atoms with Crippen LogP contribution >= 0.6 is 0 Å². The summed E-state index contributed by atoms with van der Waals surface area (Å²) in [5.74, 6) is 0.546. The Bertz CT molecular complexity index is 472. The summed E-state index contributed by atoms with van der Waals surface area (Å²) in [6, 6.07) is 5.53. The molecule has 0 saturated carbocycles. The first kappa shape index (κ1) is 12.7. The minimum absolute atomic E-state index is 0.225. The van der Waals surface area contributed by atoms with E-state index < -0.39 is 11.5 Å². The summed E-state index contributed by atoms with van der Waals surface area (Å²) in [6.07, 6.45) is 0.409. The maximum Gasteiger partial charge on any atom is 0.324 e. The van der Waals surface area contributed by atoms with Gasteiger partial charge < -0.3 is 14.6 Å². The summed E-state index contributed by atoms with van der Waals surface area (Å²) in [4.78, 5) is 13.1.